The van der Waals surface area contributed by atoms with Gasteiger partial charge in [-0.15, -0.1) is 11.3 Å². The highest BCUT2D eigenvalue weighted by atomic mass is 35.5. The summed E-state index contributed by atoms with van der Waals surface area (Å²) in [6, 6.07) is 3.66. The van der Waals surface area contributed by atoms with E-state index in [1.165, 1.54) is 9.78 Å². The molecule has 120 valence electrons. The van der Waals surface area contributed by atoms with E-state index in [4.69, 9.17) is 11.6 Å². The average Bonchev–Trinajstić information content (AvgIpc) is 3.16. The third-order valence-corrected chi connectivity index (χ3v) is 5.60. The Hall–Kier alpha value is -1.11. The smallest absolute Gasteiger partial charge is 0.323 e. The summed E-state index contributed by atoms with van der Waals surface area (Å²) in [5, 5.41) is 6.21. The lowest BCUT2D eigenvalue weighted by Crippen LogP contribution is -2.44. The van der Waals surface area contributed by atoms with E-state index in [0.29, 0.717) is 6.54 Å². The number of halogens is 1. The number of urea groups is 1. The van der Waals surface area contributed by atoms with E-state index < -0.39 is 5.54 Å². The van der Waals surface area contributed by atoms with Gasteiger partial charge in [-0.25, -0.2) is 4.79 Å². The van der Waals surface area contributed by atoms with Crippen LogP contribution in [0.2, 0.25) is 4.34 Å². The molecular weight excluding hydrogens is 322 g/mol. The molecule has 2 heterocycles. The van der Waals surface area contributed by atoms with Crippen LogP contribution in [-0.2, 0) is 11.3 Å². The number of rotatable bonds is 6. The quantitative estimate of drug-likeness (QED) is 0.618. The predicted molar refractivity (Wildman–Crippen MR) is 87.1 cm³/mol. The van der Waals surface area contributed by atoms with Gasteiger partial charge < -0.3 is 10.6 Å². The van der Waals surface area contributed by atoms with Gasteiger partial charge in [0, 0.05) is 18.0 Å². The molecular formula is C15H20ClN3O2S. The molecule has 3 amide bonds. The third-order valence-electron chi connectivity index (χ3n) is 4.37. The van der Waals surface area contributed by atoms with E-state index in [1.54, 1.807) is 11.3 Å². The minimum Gasteiger partial charge on any atom is -0.323 e. The lowest BCUT2D eigenvalue weighted by Gasteiger charge is -2.20. The third kappa shape index (κ3) is 3.14. The summed E-state index contributed by atoms with van der Waals surface area (Å²) in [4.78, 5) is 27.0. The molecule has 0 aromatic carbocycles. The Labute approximate surface area is 139 Å². The van der Waals surface area contributed by atoms with Crippen LogP contribution in [0.3, 0.4) is 0 Å². The van der Waals surface area contributed by atoms with Crippen molar-refractivity contribution in [3.63, 3.8) is 0 Å². The lowest BCUT2D eigenvalue weighted by atomic mass is 9.98. The van der Waals surface area contributed by atoms with Crippen LogP contribution in [0.25, 0.3) is 0 Å². The van der Waals surface area contributed by atoms with Gasteiger partial charge in [-0.1, -0.05) is 24.4 Å². The van der Waals surface area contributed by atoms with Gasteiger partial charge in [-0.2, -0.15) is 0 Å². The number of carbonyl (C=O) groups excluding carboxylic acids is 2. The first kappa shape index (κ1) is 15.8. The maximum atomic E-state index is 12.4. The first-order valence-electron chi connectivity index (χ1n) is 7.70. The van der Waals surface area contributed by atoms with Crippen LogP contribution in [0.15, 0.2) is 12.1 Å². The zero-order valence-electron chi connectivity index (χ0n) is 12.4. The molecule has 1 aromatic rings. The molecule has 0 bridgehead atoms. The molecule has 0 radical (unpaired) electrons. The summed E-state index contributed by atoms with van der Waals surface area (Å²) in [7, 11) is 0. The zero-order chi connectivity index (χ0) is 15.6. The molecule has 7 heteroatoms. The number of carbonyl (C=O) groups is 2. The number of hydrogen-bond acceptors (Lipinski definition) is 4. The van der Waals surface area contributed by atoms with Crippen molar-refractivity contribution in [1.82, 2.24) is 15.5 Å². The van der Waals surface area contributed by atoms with E-state index in [9.17, 15) is 9.59 Å². The van der Waals surface area contributed by atoms with Crippen molar-refractivity contribution in [2.24, 2.45) is 0 Å². The summed E-state index contributed by atoms with van der Waals surface area (Å²) in [5.41, 5.74) is -0.585. The molecule has 22 heavy (non-hydrogen) atoms. The van der Waals surface area contributed by atoms with Gasteiger partial charge in [-0.3, -0.25) is 9.69 Å². The maximum Gasteiger partial charge on any atom is 0.325 e. The van der Waals surface area contributed by atoms with Crippen LogP contribution < -0.4 is 10.6 Å². The Morgan fingerprint density at radius 3 is 2.77 bits per heavy atom. The Kier molecular flexibility index (Phi) is 4.70. The summed E-state index contributed by atoms with van der Waals surface area (Å²) < 4.78 is 0.790. The molecule has 1 saturated carbocycles. The monoisotopic (exact) mass is 341 g/mol. The van der Waals surface area contributed by atoms with Gasteiger partial charge in [-0.05, 0) is 37.9 Å². The highest BCUT2D eigenvalue weighted by Crippen LogP contribution is 2.34. The van der Waals surface area contributed by atoms with Gasteiger partial charge in [0.05, 0.1) is 4.34 Å². The number of imide groups is 1. The number of thiophene rings is 1. The van der Waals surface area contributed by atoms with Crippen molar-refractivity contribution in [1.29, 1.82) is 0 Å². The highest BCUT2D eigenvalue weighted by molar-refractivity contribution is 7.16. The fourth-order valence-corrected chi connectivity index (χ4v) is 4.27. The molecule has 0 atom stereocenters. The number of amides is 3. The van der Waals surface area contributed by atoms with Gasteiger partial charge in [0.15, 0.2) is 0 Å². The van der Waals surface area contributed by atoms with Crippen LogP contribution in [0.4, 0.5) is 4.79 Å². The van der Waals surface area contributed by atoms with Gasteiger partial charge in [0.1, 0.15) is 5.54 Å². The molecule has 2 fully saturated rings. The van der Waals surface area contributed by atoms with Crippen molar-refractivity contribution < 1.29 is 9.59 Å². The van der Waals surface area contributed by atoms with Crippen LogP contribution in [0.5, 0.6) is 0 Å². The van der Waals surface area contributed by atoms with Crippen molar-refractivity contribution >= 4 is 34.9 Å². The summed E-state index contributed by atoms with van der Waals surface area (Å²) in [6.45, 7) is 2.01. The Bertz CT molecular complexity index is 569. The van der Waals surface area contributed by atoms with Crippen LogP contribution >= 0.6 is 22.9 Å². The number of nitrogens with zero attached hydrogens (tertiary/aromatic N) is 1. The van der Waals surface area contributed by atoms with E-state index in [-0.39, 0.29) is 11.9 Å². The molecule has 1 spiro atoms. The SMILES string of the molecule is O=C1NC2(CCCC2)C(=O)N1CCCNCc1ccc(Cl)s1. The summed E-state index contributed by atoms with van der Waals surface area (Å²) >= 11 is 7.44. The Morgan fingerprint density at radius 2 is 2.09 bits per heavy atom. The topological polar surface area (TPSA) is 61.4 Å². The van der Waals surface area contributed by atoms with Crippen molar-refractivity contribution in [3.05, 3.63) is 21.3 Å². The van der Waals surface area contributed by atoms with E-state index in [2.05, 4.69) is 10.6 Å². The second-order valence-corrected chi connectivity index (χ2v) is 7.71. The van der Waals surface area contributed by atoms with Gasteiger partial charge in [0.25, 0.3) is 5.91 Å². The molecule has 1 saturated heterocycles. The highest BCUT2D eigenvalue weighted by Gasteiger charge is 2.51. The molecule has 2 aliphatic rings. The first-order valence-corrected chi connectivity index (χ1v) is 8.89. The predicted octanol–water partition coefficient (Wildman–Crippen LogP) is 2.75. The van der Waals surface area contributed by atoms with Gasteiger partial charge in [0.2, 0.25) is 0 Å². The van der Waals surface area contributed by atoms with Crippen LogP contribution in [0.1, 0.15) is 37.0 Å². The summed E-state index contributed by atoms with van der Waals surface area (Å²) in [5.74, 6) is -0.0277. The van der Waals surface area contributed by atoms with Gasteiger partial charge >= 0.3 is 6.03 Å². The van der Waals surface area contributed by atoms with Crippen molar-refractivity contribution in [2.45, 2.75) is 44.2 Å². The van der Waals surface area contributed by atoms with Crippen molar-refractivity contribution in [3.8, 4) is 0 Å². The average molecular weight is 342 g/mol. The number of hydrogen-bond donors (Lipinski definition) is 2. The van der Waals surface area contributed by atoms with E-state index in [0.717, 1.165) is 49.5 Å². The second kappa shape index (κ2) is 6.56. The largest absolute Gasteiger partial charge is 0.325 e. The fraction of sp³-hybridized carbons (Fsp3) is 0.600. The first-order chi connectivity index (χ1) is 10.6. The standard InChI is InChI=1S/C15H20ClN3O2S/c16-12-5-4-11(22-12)10-17-8-3-9-19-13(20)15(18-14(19)21)6-1-2-7-15/h4-5,17H,1-3,6-10H2,(H,18,21). The molecule has 5 nitrogen and oxygen atoms in total. The zero-order valence-corrected chi connectivity index (χ0v) is 13.9. The Balaban J connectivity index is 1.42. The molecule has 1 aliphatic carbocycles. The lowest BCUT2D eigenvalue weighted by molar-refractivity contribution is -0.131. The molecule has 1 aliphatic heterocycles. The van der Waals surface area contributed by atoms with E-state index in [1.807, 2.05) is 12.1 Å². The van der Waals surface area contributed by atoms with Crippen molar-refractivity contribution in [2.75, 3.05) is 13.1 Å². The fourth-order valence-electron chi connectivity index (χ4n) is 3.22. The molecule has 1 aromatic heterocycles. The van der Waals surface area contributed by atoms with E-state index >= 15 is 0 Å². The van der Waals surface area contributed by atoms with Crippen LogP contribution in [0, 0.1) is 0 Å². The minimum absolute atomic E-state index is 0.0277. The second-order valence-electron chi connectivity index (χ2n) is 5.91. The maximum absolute atomic E-state index is 12.4. The molecule has 3 rings (SSSR count). The minimum atomic E-state index is -0.585. The molecule has 0 unspecified atom stereocenters. The summed E-state index contributed by atoms with van der Waals surface area (Å²) in [6.07, 6.45) is 4.36. The molecule has 2 N–H and O–H groups in total. The normalized spacial score (nSPS) is 20.1. The number of nitrogens with one attached hydrogen (secondary N) is 2. The Morgan fingerprint density at radius 1 is 1.32 bits per heavy atom. The van der Waals surface area contributed by atoms with Crippen LogP contribution in [-0.4, -0.2) is 35.5 Å².